The molecule has 1 aliphatic carbocycles. The van der Waals surface area contributed by atoms with Gasteiger partial charge in [-0.2, -0.15) is 5.10 Å². The van der Waals surface area contributed by atoms with E-state index in [4.69, 9.17) is 0 Å². The second kappa shape index (κ2) is 7.28. The number of aryl methyl sites for hydroxylation is 1. The Kier molecular flexibility index (Phi) is 5.13. The van der Waals surface area contributed by atoms with Crippen molar-refractivity contribution in [3.63, 3.8) is 0 Å². The van der Waals surface area contributed by atoms with E-state index in [-0.39, 0.29) is 11.5 Å². The van der Waals surface area contributed by atoms with Gasteiger partial charge < -0.3 is 4.90 Å². The van der Waals surface area contributed by atoms with Crippen LogP contribution in [-0.2, 0) is 7.05 Å². The van der Waals surface area contributed by atoms with Gasteiger partial charge in [0.2, 0.25) is 0 Å². The van der Waals surface area contributed by atoms with Crippen LogP contribution in [-0.4, -0.2) is 33.2 Å². The van der Waals surface area contributed by atoms with E-state index < -0.39 is 0 Å². The van der Waals surface area contributed by atoms with E-state index in [1.165, 1.54) is 55.7 Å². The Balaban J connectivity index is 1.84. The van der Waals surface area contributed by atoms with E-state index in [1.807, 2.05) is 0 Å². The number of hydrogen-bond acceptors (Lipinski definition) is 3. The van der Waals surface area contributed by atoms with Crippen molar-refractivity contribution in [2.45, 2.75) is 63.8 Å². The second-order valence-electron chi connectivity index (χ2n) is 6.99. The van der Waals surface area contributed by atoms with Gasteiger partial charge in [-0.15, -0.1) is 0 Å². The van der Waals surface area contributed by atoms with E-state index in [0.29, 0.717) is 17.7 Å². The third-order valence-electron chi connectivity index (χ3n) is 5.43. The summed E-state index contributed by atoms with van der Waals surface area (Å²) in [6.45, 7) is 0.824. The van der Waals surface area contributed by atoms with Crippen molar-refractivity contribution in [2.75, 3.05) is 6.54 Å². The minimum Gasteiger partial charge on any atom is -0.334 e. The summed E-state index contributed by atoms with van der Waals surface area (Å²) in [6.07, 6.45) is 11.0. The molecule has 1 atom stereocenters. The molecule has 0 bridgehead atoms. The highest BCUT2D eigenvalue weighted by molar-refractivity contribution is 5.92. The highest BCUT2D eigenvalue weighted by atomic mass is 16.2. The SMILES string of the molecule is Cn1nc(C(=O)N2CCCCCC2C2CCCCC2)ccc1=O. The molecule has 1 aliphatic heterocycles. The number of hydrogen-bond donors (Lipinski definition) is 0. The van der Waals surface area contributed by atoms with Crippen molar-refractivity contribution in [1.82, 2.24) is 14.7 Å². The molecule has 5 nitrogen and oxygen atoms in total. The molecule has 2 heterocycles. The van der Waals surface area contributed by atoms with Crippen LogP contribution in [0.1, 0.15) is 68.3 Å². The summed E-state index contributed by atoms with van der Waals surface area (Å²) in [4.78, 5) is 26.6. The molecule has 2 fully saturated rings. The quantitative estimate of drug-likeness (QED) is 0.843. The van der Waals surface area contributed by atoms with Gasteiger partial charge in [0.15, 0.2) is 0 Å². The number of nitrogens with zero attached hydrogens (tertiary/aromatic N) is 3. The molecule has 1 aromatic heterocycles. The monoisotopic (exact) mass is 317 g/mol. The fraction of sp³-hybridized carbons (Fsp3) is 0.722. The molecule has 0 aromatic carbocycles. The molecule has 23 heavy (non-hydrogen) atoms. The first-order valence-electron chi connectivity index (χ1n) is 9.02. The maximum atomic E-state index is 13.0. The molecule has 1 aromatic rings. The Morgan fingerprint density at radius 1 is 1.04 bits per heavy atom. The molecule has 3 rings (SSSR count). The minimum atomic E-state index is -0.179. The number of likely N-dealkylation sites (tertiary alicyclic amines) is 1. The molecule has 5 heteroatoms. The molecule has 126 valence electrons. The van der Waals surface area contributed by atoms with Gasteiger partial charge in [0.25, 0.3) is 11.5 Å². The van der Waals surface area contributed by atoms with Gasteiger partial charge in [-0.3, -0.25) is 9.59 Å². The smallest absolute Gasteiger partial charge is 0.274 e. The summed E-state index contributed by atoms with van der Waals surface area (Å²) >= 11 is 0. The first-order chi connectivity index (χ1) is 11.2. The molecule has 1 unspecified atom stereocenters. The summed E-state index contributed by atoms with van der Waals surface area (Å²) in [5, 5.41) is 4.17. The predicted octanol–water partition coefficient (Wildman–Crippen LogP) is 2.75. The molecular formula is C18H27N3O2. The lowest BCUT2D eigenvalue weighted by Crippen LogP contribution is -2.45. The Morgan fingerprint density at radius 3 is 2.48 bits per heavy atom. The van der Waals surface area contributed by atoms with Crippen LogP contribution < -0.4 is 5.56 Å². The average Bonchev–Trinajstić information content (AvgIpc) is 2.83. The maximum Gasteiger partial charge on any atom is 0.274 e. The van der Waals surface area contributed by atoms with Gasteiger partial charge in [0.05, 0.1) is 0 Å². The number of aromatic nitrogens is 2. The lowest BCUT2D eigenvalue weighted by Gasteiger charge is -2.37. The Morgan fingerprint density at radius 2 is 1.74 bits per heavy atom. The van der Waals surface area contributed by atoms with Crippen molar-refractivity contribution >= 4 is 5.91 Å². The van der Waals surface area contributed by atoms with Crippen LogP contribution in [0.3, 0.4) is 0 Å². The summed E-state index contributed by atoms with van der Waals surface area (Å²) in [6, 6.07) is 3.37. The fourth-order valence-electron chi connectivity index (χ4n) is 4.16. The molecule has 2 aliphatic rings. The van der Waals surface area contributed by atoms with E-state index in [9.17, 15) is 9.59 Å². The zero-order chi connectivity index (χ0) is 16.2. The summed E-state index contributed by atoms with van der Waals surface area (Å²) in [5.74, 6) is 0.636. The van der Waals surface area contributed by atoms with Gasteiger partial charge in [-0.25, -0.2) is 4.68 Å². The lowest BCUT2D eigenvalue weighted by atomic mass is 9.81. The largest absolute Gasteiger partial charge is 0.334 e. The third-order valence-corrected chi connectivity index (χ3v) is 5.43. The van der Waals surface area contributed by atoms with Crippen molar-refractivity contribution in [3.05, 3.63) is 28.2 Å². The maximum absolute atomic E-state index is 13.0. The van der Waals surface area contributed by atoms with Crippen molar-refractivity contribution in [2.24, 2.45) is 13.0 Å². The molecule has 0 radical (unpaired) electrons. The molecule has 1 saturated heterocycles. The number of rotatable bonds is 2. The molecule has 1 saturated carbocycles. The predicted molar refractivity (Wildman–Crippen MR) is 89.3 cm³/mol. The van der Waals surface area contributed by atoms with Crippen molar-refractivity contribution in [3.8, 4) is 0 Å². The zero-order valence-corrected chi connectivity index (χ0v) is 14.0. The van der Waals surface area contributed by atoms with Crippen LogP contribution >= 0.6 is 0 Å². The van der Waals surface area contributed by atoms with Gasteiger partial charge in [-0.1, -0.05) is 32.1 Å². The number of carbonyl (C=O) groups is 1. The normalized spacial score (nSPS) is 23.5. The summed E-state index contributed by atoms with van der Waals surface area (Å²) < 4.78 is 1.25. The first-order valence-corrected chi connectivity index (χ1v) is 9.02. The first kappa shape index (κ1) is 16.2. The molecule has 1 amide bonds. The standard InChI is InChI=1S/C18H27N3O2/c1-20-17(22)12-11-15(19-20)18(23)21-13-7-3-6-10-16(21)14-8-4-2-5-9-14/h11-12,14,16H,2-10,13H2,1H3. The average molecular weight is 317 g/mol. The minimum absolute atomic E-state index is 0.00178. The molecular weight excluding hydrogens is 290 g/mol. The molecule has 0 spiro atoms. The Labute approximate surface area is 137 Å². The van der Waals surface area contributed by atoms with E-state index in [2.05, 4.69) is 10.00 Å². The van der Waals surface area contributed by atoms with Gasteiger partial charge in [0.1, 0.15) is 5.69 Å². The number of carbonyl (C=O) groups excluding carboxylic acids is 1. The van der Waals surface area contributed by atoms with Crippen molar-refractivity contribution < 1.29 is 4.79 Å². The summed E-state index contributed by atoms with van der Waals surface area (Å²) in [7, 11) is 1.60. The van der Waals surface area contributed by atoms with E-state index >= 15 is 0 Å². The van der Waals surface area contributed by atoms with Crippen LogP contribution in [0, 0.1) is 5.92 Å². The third kappa shape index (κ3) is 3.65. The summed E-state index contributed by atoms with van der Waals surface area (Å²) in [5.41, 5.74) is 0.219. The van der Waals surface area contributed by atoms with Gasteiger partial charge >= 0.3 is 0 Å². The topological polar surface area (TPSA) is 55.2 Å². The van der Waals surface area contributed by atoms with Crippen LogP contribution in [0.15, 0.2) is 16.9 Å². The van der Waals surface area contributed by atoms with E-state index in [1.54, 1.807) is 13.1 Å². The number of amides is 1. The van der Waals surface area contributed by atoms with Crippen LogP contribution in [0.25, 0.3) is 0 Å². The van der Waals surface area contributed by atoms with Crippen LogP contribution in [0.4, 0.5) is 0 Å². The Bertz CT molecular complexity index is 605. The van der Waals surface area contributed by atoms with E-state index in [0.717, 1.165) is 19.4 Å². The Hall–Kier alpha value is -1.65. The van der Waals surface area contributed by atoms with Crippen molar-refractivity contribution in [1.29, 1.82) is 0 Å². The fourth-order valence-corrected chi connectivity index (χ4v) is 4.16. The molecule has 0 N–H and O–H groups in total. The second-order valence-corrected chi connectivity index (χ2v) is 6.99. The highest BCUT2D eigenvalue weighted by Gasteiger charge is 2.33. The highest BCUT2D eigenvalue weighted by Crippen LogP contribution is 2.33. The van der Waals surface area contributed by atoms with Crippen LogP contribution in [0.2, 0.25) is 0 Å². The van der Waals surface area contributed by atoms with Crippen LogP contribution in [0.5, 0.6) is 0 Å². The van der Waals surface area contributed by atoms with Gasteiger partial charge in [0, 0.05) is 25.7 Å². The lowest BCUT2D eigenvalue weighted by molar-refractivity contribution is 0.0566. The zero-order valence-electron chi connectivity index (χ0n) is 14.0. The van der Waals surface area contributed by atoms with Gasteiger partial charge in [-0.05, 0) is 37.7 Å².